The molecule has 0 spiro atoms. The van der Waals surface area contributed by atoms with Gasteiger partial charge < -0.3 is 9.84 Å². The summed E-state index contributed by atoms with van der Waals surface area (Å²) in [6, 6.07) is 5.47. The van der Waals surface area contributed by atoms with Crippen LogP contribution in [0.4, 0.5) is 0 Å². The molecule has 23 heavy (non-hydrogen) atoms. The summed E-state index contributed by atoms with van der Waals surface area (Å²) in [5, 5.41) is 9.59. The Balaban J connectivity index is 0.000000485. The van der Waals surface area contributed by atoms with Crippen LogP contribution in [0.1, 0.15) is 64.4 Å². The predicted molar refractivity (Wildman–Crippen MR) is 90.9 cm³/mol. The molecule has 0 amide bonds. The highest BCUT2D eigenvalue weighted by Crippen LogP contribution is 2.58. The third-order valence-corrected chi connectivity index (χ3v) is 5.97. The van der Waals surface area contributed by atoms with Gasteiger partial charge in [0.1, 0.15) is 17.3 Å². The van der Waals surface area contributed by atoms with Gasteiger partial charge in [-0.3, -0.25) is 4.79 Å². The molecular formula is C20H28O3. The van der Waals surface area contributed by atoms with Crippen LogP contribution in [-0.4, -0.2) is 17.5 Å². The largest absolute Gasteiger partial charge is 0.508 e. The second kappa shape index (κ2) is 6.18. The number of aromatic hydroxyl groups is 1. The number of Topliss-reactive ketones (excluding diaryl/α,β-unsaturated/α-hetero) is 1. The minimum absolute atomic E-state index is 0.112. The van der Waals surface area contributed by atoms with E-state index in [0.717, 1.165) is 31.4 Å². The Morgan fingerprint density at radius 3 is 2.78 bits per heavy atom. The van der Waals surface area contributed by atoms with E-state index in [2.05, 4.69) is 20.8 Å². The van der Waals surface area contributed by atoms with Gasteiger partial charge in [0, 0.05) is 23.8 Å². The molecule has 3 heteroatoms. The van der Waals surface area contributed by atoms with Crippen molar-refractivity contribution in [2.75, 3.05) is 6.61 Å². The molecule has 0 aromatic heterocycles. The molecule has 4 atom stereocenters. The topological polar surface area (TPSA) is 46.5 Å². The normalized spacial score (nSPS) is 34.4. The number of fused-ring (bicyclic) bond motifs is 5. The molecule has 0 saturated heterocycles. The zero-order valence-corrected chi connectivity index (χ0v) is 14.5. The van der Waals surface area contributed by atoms with Crippen LogP contribution < -0.4 is 4.74 Å². The molecule has 4 rings (SSSR count). The quantitative estimate of drug-likeness (QED) is 0.756. The van der Waals surface area contributed by atoms with Gasteiger partial charge in [-0.25, -0.2) is 0 Å². The SMILES string of the molecule is CC12CCC3c4ccc(O)cc4OCC3C1CCC2=O.CCC. The maximum atomic E-state index is 12.2. The standard InChI is InChI=1S/C17H20O3.C3H8/c1-17-7-6-11-12-3-2-10(18)8-15(12)20-9-13(11)14(17)4-5-16(17)19;1-3-2/h2-3,8,11,13-14,18H,4-7,9H2,1H3;3H2,1-2H3. The zero-order valence-electron chi connectivity index (χ0n) is 14.5. The van der Waals surface area contributed by atoms with Crippen molar-refractivity contribution < 1.29 is 14.6 Å². The number of ether oxygens (including phenoxy) is 1. The van der Waals surface area contributed by atoms with Crippen molar-refractivity contribution in [3.8, 4) is 11.5 Å². The summed E-state index contributed by atoms with van der Waals surface area (Å²) < 4.78 is 5.89. The van der Waals surface area contributed by atoms with E-state index in [-0.39, 0.29) is 11.2 Å². The molecule has 3 aliphatic rings. The lowest BCUT2D eigenvalue weighted by Gasteiger charge is -2.47. The van der Waals surface area contributed by atoms with Gasteiger partial charge in [0.25, 0.3) is 0 Å². The summed E-state index contributed by atoms with van der Waals surface area (Å²) in [6.07, 6.45) is 5.07. The second-order valence-electron chi connectivity index (χ2n) is 7.54. The Morgan fingerprint density at radius 2 is 2.04 bits per heavy atom. The summed E-state index contributed by atoms with van der Waals surface area (Å²) in [5.74, 6) is 2.96. The molecule has 1 aromatic rings. The first-order valence-corrected chi connectivity index (χ1v) is 9.00. The molecule has 3 nitrogen and oxygen atoms in total. The summed E-state index contributed by atoms with van der Waals surface area (Å²) in [5.41, 5.74) is 1.11. The average molecular weight is 316 g/mol. The Kier molecular flexibility index (Phi) is 4.39. The van der Waals surface area contributed by atoms with Crippen LogP contribution in [0.3, 0.4) is 0 Å². The highest BCUT2D eigenvalue weighted by molar-refractivity contribution is 5.87. The number of benzene rings is 1. The van der Waals surface area contributed by atoms with Crippen LogP contribution in [0, 0.1) is 17.3 Å². The number of phenolic OH excluding ortho intramolecular Hbond substituents is 1. The Labute approximate surface area is 139 Å². The van der Waals surface area contributed by atoms with E-state index in [9.17, 15) is 9.90 Å². The number of carbonyl (C=O) groups excluding carboxylic acids is 1. The second-order valence-corrected chi connectivity index (χ2v) is 7.54. The van der Waals surface area contributed by atoms with E-state index in [4.69, 9.17) is 4.74 Å². The van der Waals surface area contributed by atoms with Crippen molar-refractivity contribution in [2.45, 2.75) is 58.8 Å². The third-order valence-electron chi connectivity index (χ3n) is 5.97. The lowest BCUT2D eigenvalue weighted by molar-refractivity contribution is -0.129. The van der Waals surface area contributed by atoms with Crippen molar-refractivity contribution in [3.63, 3.8) is 0 Å². The molecule has 0 bridgehead atoms. The Morgan fingerprint density at radius 1 is 1.30 bits per heavy atom. The van der Waals surface area contributed by atoms with Crippen molar-refractivity contribution >= 4 is 5.78 Å². The molecule has 1 N–H and O–H groups in total. The van der Waals surface area contributed by atoms with Crippen molar-refractivity contribution in [1.29, 1.82) is 0 Å². The zero-order chi connectivity index (χ0) is 16.6. The van der Waals surface area contributed by atoms with Crippen molar-refractivity contribution in [2.24, 2.45) is 17.3 Å². The van der Waals surface area contributed by atoms with Crippen LogP contribution in [-0.2, 0) is 4.79 Å². The van der Waals surface area contributed by atoms with Crippen molar-refractivity contribution in [1.82, 2.24) is 0 Å². The number of rotatable bonds is 0. The van der Waals surface area contributed by atoms with Gasteiger partial charge in [0.2, 0.25) is 0 Å². The smallest absolute Gasteiger partial charge is 0.139 e. The van der Waals surface area contributed by atoms with Gasteiger partial charge in [-0.2, -0.15) is 0 Å². The van der Waals surface area contributed by atoms with Gasteiger partial charge in [-0.1, -0.05) is 33.3 Å². The molecule has 4 unspecified atom stereocenters. The maximum absolute atomic E-state index is 12.2. The number of phenols is 1. The fraction of sp³-hybridized carbons (Fsp3) is 0.650. The lowest BCUT2D eigenvalue weighted by atomic mass is 9.58. The van der Waals surface area contributed by atoms with E-state index < -0.39 is 0 Å². The summed E-state index contributed by atoms with van der Waals surface area (Å²) in [4.78, 5) is 12.2. The van der Waals surface area contributed by atoms with E-state index in [1.807, 2.05) is 6.07 Å². The fourth-order valence-corrected chi connectivity index (χ4v) is 4.82. The number of hydrogen-bond acceptors (Lipinski definition) is 3. The average Bonchev–Trinajstić information content (AvgIpc) is 2.83. The Bertz CT molecular complexity index is 595. The minimum atomic E-state index is -0.112. The van der Waals surface area contributed by atoms with Gasteiger partial charge >= 0.3 is 0 Å². The molecule has 1 aromatic carbocycles. The van der Waals surface area contributed by atoms with E-state index in [1.165, 1.54) is 12.0 Å². The van der Waals surface area contributed by atoms with Crippen LogP contribution in [0.25, 0.3) is 0 Å². The molecule has 2 aliphatic carbocycles. The van der Waals surface area contributed by atoms with Gasteiger partial charge in [-0.15, -0.1) is 0 Å². The predicted octanol–water partition coefficient (Wildman–Crippen LogP) is 4.68. The summed E-state index contributed by atoms with van der Waals surface area (Å²) in [6.45, 7) is 7.10. The first kappa shape index (κ1) is 16.4. The van der Waals surface area contributed by atoms with Crippen molar-refractivity contribution in [3.05, 3.63) is 23.8 Å². The monoisotopic (exact) mass is 316 g/mol. The van der Waals surface area contributed by atoms with Gasteiger partial charge in [-0.05, 0) is 42.7 Å². The first-order chi connectivity index (χ1) is 11.0. The highest BCUT2D eigenvalue weighted by Gasteiger charge is 2.55. The first-order valence-electron chi connectivity index (χ1n) is 9.00. The van der Waals surface area contributed by atoms with E-state index >= 15 is 0 Å². The maximum Gasteiger partial charge on any atom is 0.139 e. The number of ketones is 1. The van der Waals surface area contributed by atoms with Gasteiger partial charge in [0.05, 0.1) is 6.61 Å². The van der Waals surface area contributed by atoms with Gasteiger partial charge in [0.15, 0.2) is 0 Å². The minimum Gasteiger partial charge on any atom is -0.508 e. The molecule has 2 fully saturated rings. The van der Waals surface area contributed by atoms with E-state index in [0.29, 0.717) is 30.1 Å². The number of carbonyl (C=O) groups is 1. The lowest BCUT2D eigenvalue weighted by Crippen LogP contribution is -2.44. The third kappa shape index (κ3) is 2.64. The number of hydrogen-bond donors (Lipinski definition) is 1. The van der Waals surface area contributed by atoms with E-state index in [1.54, 1.807) is 12.1 Å². The summed E-state index contributed by atoms with van der Waals surface area (Å²) >= 11 is 0. The molecular weight excluding hydrogens is 288 g/mol. The van der Waals surface area contributed by atoms with Crippen LogP contribution in [0.5, 0.6) is 11.5 Å². The van der Waals surface area contributed by atoms with Crippen LogP contribution in [0.15, 0.2) is 18.2 Å². The van der Waals surface area contributed by atoms with Crippen LogP contribution in [0.2, 0.25) is 0 Å². The highest BCUT2D eigenvalue weighted by atomic mass is 16.5. The summed E-state index contributed by atoms with van der Waals surface area (Å²) in [7, 11) is 0. The Hall–Kier alpha value is -1.51. The molecule has 1 heterocycles. The molecule has 1 aliphatic heterocycles. The van der Waals surface area contributed by atoms with Crippen LogP contribution >= 0.6 is 0 Å². The molecule has 126 valence electrons. The molecule has 0 radical (unpaired) electrons. The molecule has 2 saturated carbocycles. The fourth-order valence-electron chi connectivity index (χ4n) is 4.82.